The van der Waals surface area contributed by atoms with Gasteiger partial charge in [-0.3, -0.25) is 13.8 Å². The third-order valence-electron chi connectivity index (χ3n) is 13.0. The first-order chi connectivity index (χ1) is 33.5. The van der Waals surface area contributed by atoms with Crippen LogP contribution in [0.2, 0.25) is 0 Å². The van der Waals surface area contributed by atoms with E-state index in [9.17, 15) is 19.4 Å². The summed E-state index contributed by atoms with van der Waals surface area (Å²) in [5.41, 5.74) is 0. The van der Waals surface area contributed by atoms with Crippen molar-refractivity contribution >= 4 is 13.7 Å². The molecule has 0 spiro atoms. The lowest BCUT2D eigenvalue weighted by Gasteiger charge is -2.25. The number of hydrogen-bond acceptors (Lipinski definition) is 5. The van der Waals surface area contributed by atoms with Crippen molar-refractivity contribution in [1.29, 1.82) is 0 Å². The van der Waals surface area contributed by atoms with E-state index in [4.69, 9.17) is 9.05 Å². The molecule has 8 nitrogen and oxygen atoms in total. The highest BCUT2D eigenvalue weighted by Gasteiger charge is 2.27. The molecule has 0 aromatic rings. The van der Waals surface area contributed by atoms with E-state index in [-0.39, 0.29) is 19.1 Å². The van der Waals surface area contributed by atoms with E-state index in [1.165, 1.54) is 180 Å². The largest absolute Gasteiger partial charge is 0.472 e. The molecule has 3 unspecified atom stereocenters. The van der Waals surface area contributed by atoms with Crippen molar-refractivity contribution < 1.29 is 32.9 Å². The van der Waals surface area contributed by atoms with E-state index in [1.807, 2.05) is 27.2 Å². The van der Waals surface area contributed by atoms with Crippen molar-refractivity contribution in [1.82, 2.24) is 5.32 Å². The maximum atomic E-state index is 13.0. The van der Waals surface area contributed by atoms with Crippen molar-refractivity contribution in [3.63, 3.8) is 0 Å². The topological polar surface area (TPSA) is 105 Å². The van der Waals surface area contributed by atoms with E-state index >= 15 is 0 Å². The summed E-state index contributed by atoms with van der Waals surface area (Å²) >= 11 is 0. The minimum absolute atomic E-state index is 0.0600. The first-order valence-corrected chi connectivity index (χ1v) is 30.7. The molecule has 0 saturated carbocycles. The lowest BCUT2D eigenvalue weighted by Crippen LogP contribution is -2.45. The number of aliphatic hydroxyl groups excluding tert-OH is 1. The summed E-state index contributed by atoms with van der Waals surface area (Å²) in [6, 6.07) is -0.850. The second-order valence-electron chi connectivity index (χ2n) is 21.0. The van der Waals surface area contributed by atoms with E-state index in [0.29, 0.717) is 17.4 Å². The highest BCUT2D eigenvalue weighted by atomic mass is 31.2. The smallest absolute Gasteiger partial charge is 0.387 e. The zero-order chi connectivity index (χ0) is 50.6. The van der Waals surface area contributed by atoms with Crippen LogP contribution in [0.4, 0.5) is 0 Å². The molecule has 0 aromatic heterocycles. The maximum absolute atomic E-state index is 13.0. The molecule has 0 aromatic carbocycles. The van der Waals surface area contributed by atoms with Crippen LogP contribution >= 0.6 is 7.82 Å². The number of phosphoric ester groups is 1. The van der Waals surface area contributed by atoms with E-state index in [2.05, 4.69) is 67.8 Å². The Morgan fingerprint density at radius 1 is 0.507 bits per heavy atom. The molecule has 1 amide bonds. The predicted octanol–water partition coefficient (Wildman–Crippen LogP) is 17.7. The normalized spacial score (nSPS) is 14.4. The average Bonchev–Trinajstić information content (AvgIpc) is 3.31. The molecule has 9 heteroatoms. The number of amides is 1. The first kappa shape index (κ1) is 67.2. The highest BCUT2D eigenvalue weighted by Crippen LogP contribution is 2.43. The van der Waals surface area contributed by atoms with Gasteiger partial charge in [0.25, 0.3) is 0 Å². The molecule has 0 fully saturated rings. The van der Waals surface area contributed by atoms with Crippen LogP contribution < -0.4 is 5.32 Å². The zero-order valence-corrected chi connectivity index (χ0v) is 46.9. The van der Waals surface area contributed by atoms with Gasteiger partial charge in [0.1, 0.15) is 13.2 Å². The SMILES string of the molecule is CC/C=C\C/C=C\C/C=C\C/C=C\CCCCCCCCCCCCCCC(=O)NC(COP(=O)(O)OCC[N+](C)(C)C)C(O)/C=C/CCCCCCCCCCCCCCCCCCCCCC. The maximum Gasteiger partial charge on any atom is 0.472 e. The van der Waals surface area contributed by atoms with Crippen LogP contribution in [0.25, 0.3) is 0 Å². The van der Waals surface area contributed by atoms with Crippen LogP contribution in [0.15, 0.2) is 60.8 Å². The summed E-state index contributed by atoms with van der Waals surface area (Å²) in [7, 11) is 1.57. The fraction of sp³-hybridized carbons (Fsp3) is 0.817. The van der Waals surface area contributed by atoms with Gasteiger partial charge >= 0.3 is 7.82 Å². The van der Waals surface area contributed by atoms with Crippen LogP contribution in [0, 0.1) is 0 Å². The standard InChI is InChI=1S/C60H113N2O6P/c1-6-8-10-12-14-16-18-20-22-24-26-28-30-31-32-34-36-38-40-42-44-46-48-50-52-54-60(64)61-58(57-68-69(65,66)67-56-55-62(3,4)5)59(63)53-51-49-47-45-43-41-39-37-35-33-29-27-25-23-21-19-17-15-13-11-9-7-2/h8,10,14,16,20,22,26,28,51,53,58-59,63H,6-7,9,11-13,15,17-19,21,23-25,27,29-50,52,54-57H2,1-5H3,(H-,61,64,65,66)/p+1/b10-8-,16-14-,22-20-,28-26-,53-51+. The van der Waals surface area contributed by atoms with Crippen molar-refractivity contribution in [2.45, 2.75) is 276 Å². The van der Waals surface area contributed by atoms with Crippen LogP contribution in [0.3, 0.4) is 0 Å². The summed E-state index contributed by atoms with van der Waals surface area (Å²) in [5, 5.41) is 14.0. The molecule has 0 radical (unpaired) electrons. The van der Waals surface area contributed by atoms with Gasteiger partial charge in [-0.05, 0) is 57.8 Å². The number of nitrogens with one attached hydrogen (secondary N) is 1. The minimum Gasteiger partial charge on any atom is -0.387 e. The molecule has 3 atom stereocenters. The van der Waals surface area contributed by atoms with E-state index in [1.54, 1.807) is 6.08 Å². The Morgan fingerprint density at radius 2 is 0.870 bits per heavy atom. The third-order valence-corrected chi connectivity index (χ3v) is 14.0. The van der Waals surface area contributed by atoms with E-state index in [0.717, 1.165) is 64.2 Å². The summed E-state index contributed by atoms with van der Waals surface area (Å²) in [6.45, 7) is 4.73. The number of hydrogen-bond donors (Lipinski definition) is 3. The van der Waals surface area contributed by atoms with Gasteiger partial charge in [0.05, 0.1) is 39.9 Å². The van der Waals surface area contributed by atoms with Crippen LogP contribution in [-0.4, -0.2) is 73.4 Å². The van der Waals surface area contributed by atoms with Gasteiger partial charge in [0.15, 0.2) is 0 Å². The summed E-state index contributed by atoms with van der Waals surface area (Å²) in [6.07, 6.45) is 68.9. The Kier molecular flexibility index (Phi) is 49.8. The lowest BCUT2D eigenvalue weighted by molar-refractivity contribution is -0.870. The summed E-state index contributed by atoms with van der Waals surface area (Å²) in [5.74, 6) is -0.178. The average molecular weight is 991 g/mol. The molecule has 404 valence electrons. The molecule has 0 aliphatic heterocycles. The molecule has 3 N–H and O–H groups in total. The van der Waals surface area contributed by atoms with Crippen molar-refractivity contribution in [3.05, 3.63) is 60.8 Å². The number of carbonyl (C=O) groups excluding carboxylic acids is 1. The van der Waals surface area contributed by atoms with E-state index < -0.39 is 20.0 Å². The molecule has 0 rings (SSSR count). The predicted molar refractivity (Wildman–Crippen MR) is 300 cm³/mol. The Morgan fingerprint density at radius 3 is 1.28 bits per heavy atom. The molecule has 0 bridgehead atoms. The molecular formula is C60H114N2O6P+. The van der Waals surface area contributed by atoms with Gasteiger partial charge in [-0.15, -0.1) is 0 Å². The lowest BCUT2D eigenvalue weighted by atomic mass is 10.0. The van der Waals surface area contributed by atoms with Crippen LogP contribution in [-0.2, 0) is 18.4 Å². The van der Waals surface area contributed by atoms with Crippen LogP contribution in [0.5, 0.6) is 0 Å². The van der Waals surface area contributed by atoms with Crippen molar-refractivity contribution in [3.8, 4) is 0 Å². The monoisotopic (exact) mass is 990 g/mol. The van der Waals surface area contributed by atoms with Gasteiger partial charge in [-0.2, -0.15) is 0 Å². The number of rotatable bonds is 53. The van der Waals surface area contributed by atoms with Crippen molar-refractivity contribution in [2.75, 3.05) is 40.9 Å². The van der Waals surface area contributed by atoms with Gasteiger partial charge in [-0.25, -0.2) is 4.57 Å². The number of unbranched alkanes of at least 4 members (excludes halogenated alkanes) is 32. The molecule has 0 aliphatic carbocycles. The second kappa shape index (κ2) is 51.1. The Bertz CT molecular complexity index is 1310. The number of nitrogens with zero attached hydrogens (tertiary/aromatic N) is 1. The number of carbonyl (C=O) groups is 1. The number of aliphatic hydroxyl groups is 1. The number of likely N-dealkylation sites (N-methyl/N-ethyl adjacent to an activating group) is 1. The molecule has 0 heterocycles. The zero-order valence-electron chi connectivity index (χ0n) is 46.0. The minimum atomic E-state index is -4.35. The molecule has 0 saturated heterocycles. The number of quaternary nitrogens is 1. The summed E-state index contributed by atoms with van der Waals surface area (Å²) in [4.78, 5) is 23.3. The Hall–Kier alpha value is -1.80. The Labute approximate surface area is 428 Å². The first-order valence-electron chi connectivity index (χ1n) is 29.2. The molecular weight excluding hydrogens is 876 g/mol. The molecule has 0 aliphatic rings. The van der Waals surface area contributed by atoms with Gasteiger partial charge < -0.3 is 19.8 Å². The van der Waals surface area contributed by atoms with Gasteiger partial charge in [0.2, 0.25) is 5.91 Å². The van der Waals surface area contributed by atoms with Gasteiger partial charge in [0, 0.05) is 6.42 Å². The Balaban J connectivity index is 4.21. The second-order valence-corrected chi connectivity index (χ2v) is 22.4. The molecule has 69 heavy (non-hydrogen) atoms. The number of phosphoric acid groups is 1. The van der Waals surface area contributed by atoms with Gasteiger partial charge in [-0.1, -0.05) is 261 Å². The quantitative estimate of drug-likeness (QED) is 0.0243. The third kappa shape index (κ3) is 53.8. The summed E-state index contributed by atoms with van der Waals surface area (Å²) < 4.78 is 23.7. The number of allylic oxidation sites excluding steroid dienone is 9. The highest BCUT2D eigenvalue weighted by molar-refractivity contribution is 7.47. The fourth-order valence-corrected chi connectivity index (χ4v) is 9.18. The van der Waals surface area contributed by atoms with Crippen LogP contribution in [0.1, 0.15) is 264 Å². The van der Waals surface area contributed by atoms with Crippen molar-refractivity contribution in [2.24, 2.45) is 0 Å². The fourth-order valence-electron chi connectivity index (χ4n) is 8.45.